The maximum atomic E-state index is 11.8. The molecule has 4 nitrogen and oxygen atoms in total. The van der Waals surface area contributed by atoms with Crippen LogP contribution >= 0.6 is 0 Å². The lowest BCUT2D eigenvalue weighted by molar-refractivity contribution is 0.102. The van der Waals surface area contributed by atoms with Crippen LogP contribution in [-0.2, 0) is 7.05 Å². The van der Waals surface area contributed by atoms with E-state index in [4.69, 9.17) is 0 Å². The van der Waals surface area contributed by atoms with E-state index < -0.39 is 0 Å². The zero-order chi connectivity index (χ0) is 11.5. The van der Waals surface area contributed by atoms with Crippen LogP contribution in [0.2, 0.25) is 0 Å². The number of hydrogen-bond acceptors (Lipinski definition) is 2. The molecule has 0 unspecified atom stereocenters. The fourth-order valence-electron chi connectivity index (χ4n) is 1.38. The molecule has 0 radical (unpaired) electrons. The molecule has 0 bridgehead atoms. The van der Waals surface area contributed by atoms with Gasteiger partial charge < -0.3 is 9.88 Å². The highest BCUT2D eigenvalue weighted by Gasteiger charge is 2.10. The molecular weight excluding hydrogens is 202 g/mol. The number of carbonyl (C=O) groups is 1. The second-order valence-corrected chi connectivity index (χ2v) is 3.60. The van der Waals surface area contributed by atoms with Gasteiger partial charge in [0.2, 0.25) is 0 Å². The Bertz CT molecular complexity index is 483. The highest BCUT2D eigenvalue weighted by Crippen LogP contribution is 2.08. The lowest BCUT2D eigenvalue weighted by Crippen LogP contribution is -2.12. The largest absolute Gasteiger partial charge is 0.337 e. The normalized spacial score (nSPS) is 10.1. The van der Waals surface area contributed by atoms with Gasteiger partial charge in [0.15, 0.2) is 0 Å². The fraction of sp³-hybridized carbons (Fsp3) is 0.167. The third-order valence-corrected chi connectivity index (χ3v) is 2.37. The van der Waals surface area contributed by atoms with Crippen molar-refractivity contribution in [2.75, 3.05) is 5.32 Å². The lowest BCUT2D eigenvalue weighted by Gasteiger charge is -2.01. The number of para-hydroxylation sites is 1. The molecule has 2 rings (SSSR count). The highest BCUT2D eigenvalue weighted by molar-refractivity contribution is 6.02. The molecule has 16 heavy (non-hydrogen) atoms. The minimum atomic E-state index is -0.185. The van der Waals surface area contributed by atoms with Gasteiger partial charge in [0.05, 0.1) is 0 Å². The van der Waals surface area contributed by atoms with Gasteiger partial charge in [-0.1, -0.05) is 18.2 Å². The molecule has 1 amide bonds. The first-order chi connectivity index (χ1) is 7.66. The summed E-state index contributed by atoms with van der Waals surface area (Å²) >= 11 is 0. The van der Waals surface area contributed by atoms with Crippen LogP contribution in [0, 0.1) is 6.92 Å². The second kappa shape index (κ2) is 4.18. The molecule has 1 N–H and O–H groups in total. The number of amides is 1. The van der Waals surface area contributed by atoms with E-state index in [9.17, 15) is 4.79 Å². The van der Waals surface area contributed by atoms with Gasteiger partial charge in [-0.2, -0.15) is 0 Å². The predicted molar refractivity (Wildman–Crippen MR) is 62.3 cm³/mol. The molecule has 0 saturated heterocycles. The summed E-state index contributed by atoms with van der Waals surface area (Å²) in [4.78, 5) is 15.9. The molecule has 0 aliphatic rings. The Morgan fingerprint density at radius 2 is 2.00 bits per heavy atom. The Labute approximate surface area is 93.9 Å². The Hall–Kier alpha value is -2.10. The summed E-state index contributed by atoms with van der Waals surface area (Å²) < 4.78 is 1.82. The summed E-state index contributed by atoms with van der Waals surface area (Å²) in [5.41, 5.74) is 1.21. The van der Waals surface area contributed by atoms with Crippen molar-refractivity contribution in [3.05, 3.63) is 48.0 Å². The van der Waals surface area contributed by atoms with Crippen LogP contribution in [0.4, 0.5) is 5.69 Å². The van der Waals surface area contributed by atoms with E-state index >= 15 is 0 Å². The maximum absolute atomic E-state index is 11.8. The lowest BCUT2D eigenvalue weighted by atomic mass is 10.3. The minimum Gasteiger partial charge on any atom is -0.337 e. The van der Waals surface area contributed by atoms with Gasteiger partial charge in [-0.3, -0.25) is 4.79 Å². The van der Waals surface area contributed by atoms with E-state index in [0.717, 1.165) is 11.5 Å². The Morgan fingerprint density at radius 1 is 1.31 bits per heavy atom. The first kappa shape index (κ1) is 10.4. The van der Waals surface area contributed by atoms with Crippen LogP contribution < -0.4 is 5.32 Å². The summed E-state index contributed by atoms with van der Waals surface area (Å²) in [7, 11) is 1.86. The second-order valence-electron chi connectivity index (χ2n) is 3.60. The van der Waals surface area contributed by atoms with Crippen molar-refractivity contribution in [1.82, 2.24) is 9.55 Å². The van der Waals surface area contributed by atoms with Crippen molar-refractivity contribution < 1.29 is 4.79 Å². The number of nitrogens with zero attached hydrogens (tertiary/aromatic N) is 2. The molecule has 0 atom stereocenters. The molecule has 1 heterocycles. The molecule has 4 heteroatoms. The molecule has 1 aromatic carbocycles. The van der Waals surface area contributed by atoms with Gasteiger partial charge in [0.1, 0.15) is 11.5 Å². The number of aromatic nitrogens is 2. The van der Waals surface area contributed by atoms with Crippen molar-refractivity contribution in [1.29, 1.82) is 0 Å². The first-order valence-electron chi connectivity index (χ1n) is 5.03. The fourth-order valence-corrected chi connectivity index (χ4v) is 1.38. The number of nitrogens with one attached hydrogen (secondary N) is 1. The van der Waals surface area contributed by atoms with E-state index in [1.54, 1.807) is 6.20 Å². The average Bonchev–Trinajstić information content (AvgIpc) is 2.61. The van der Waals surface area contributed by atoms with Crippen LogP contribution in [-0.4, -0.2) is 15.5 Å². The third-order valence-electron chi connectivity index (χ3n) is 2.37. The van der Waals surface area contributed by atoms with Crippen LogP contribution in [0.1, 0.15) is 16.3 Å². The van der Waals surface area contributed by atoms with E-state index in [2.05, 4.69) is 10.3 Å². The number of aryl methyl sites for hydroxylation is 2. The average molecular weight is 215 g/mol. The van der Waals surface area contributed by atoms with Crippen LogP contribution in [0.5, 0.6) is 0 Å². The molecule has 2 aromatic rings. The number of anilines is 1. The zero-order valence-corrected chi connectivity index (χ0v) is 9.27. The van der Waals surface area contributed by atoms with Gasteiger partial charge in [0, 0.05) is 18.9 Å². The topological polar surface area (TPSA) is 46.9 Å². The SMILES string of the molecule is Cc1nc(C(=O)Nc2ccccc2)cn1C. The van der Waals surface area contributed by atoms with Gasteiger partial charge >= 0.3 is 0 Å². The van der Waals surface area contributed by atoms with Crippen LogP contribution in [0.3, 0.4) is 0 Å². The first-order valence-corrected chi connectivity index (χ1v) is 5.03. The molecule has 0 aliphatic heterocycles. The molecule has 82 valence electrons. The van der Waals surface area contributed by atoms with Crippen LogP contribution in [0.15, 0.2) is 36.5 Å². The predicted octanol–water partition coefficient (Wildman–Crippen LogP) is 1.98. The zero-order valence-electron chi connectivity index (χ0n) is 9.27. The van der Waals surface area contributed by atoms with E-state index in [-0.39, 0.29) is 5.91 Å². The minimum absolute atomic E-state index is 0.185. The maximum Gasteiger partial charge on any atom is 0.275 e. The highest BCUT2D eigenvalue weighted by atomic mass is 16.1. The van der Waals surface area contributed by atoms with E-state index in [0.29, 0.717) is 5.69 Å². The smallest absolute Gasteiger partial charge is 0.275 e. The number of benzene rings is 1. The van der Waals surface area contributed by atoms with Gasteiger partial charge in [-0.25, -0.2) is 4.98 Å². The summed E-state index contributed by atoms with van der Waals surface area (Å²) in [5, 5.41) is 2.78. The molecule has 0 spiro atoms. The molecule has 0 saturated carbocycles. The van der Waals surface area contributed by atoms with E-state index in [1.165, 1.54) is 0 Å². The summed E-state index contributed by atoms with van der Waals surface area (Å²) in [5.74, 6) is 0.633. The summed E-state index contributed by atoms with van der Waals surface area (Å²) in [6.45, 7) is 1.86. The number of rotatable bonds is 2. The summed E-state index contributed by atoms with van der Waals surface area (Å²) in [6, 6.07) is 9.33. The Balaban J connectivity index is 2.15. The summed E-state index contributed by atoms with van der Waals surface area (Å²) in [6.07, 6.45) is 1.72. The molecule has 0 aliphatic carbocycles. The molecular formula is C12H13N3O. The van der Waals surface area contributed by atoms with Crippen molar-refractivity contribution in [3.8, 4) is 0 Å². The standard InChI is InChI=1S/C12H13N3O/c1-9-13-11(8-15(9)2)12(16)14-10-6-4-3-5-7-10/h3-8H,1-2H3,(H,14,16). The van der Waals surface area contributed by atoms with Crippen molar-refractivity contribution in [2.45, 2.75) is 6.92 Å². The monoisotopic (exact) mass is 215 g/mol. The van der Waals surface area contributed by atoms with Crippen molar-refractivity contribution >= 4 is 11.6 Å². The van der Waals surface area contributed by atoms with Crippen LogP contribution in [0.25, 0.3) is 0 Å². The number of imidazole rings is 1. The van der Waals surface area contributed by atoms with E-state index in [1.807, 2.05) is 48.9 Å². The van der Waals surface area contributed by atoms with Crippen molar-refractivity contribution in [2.24, 2.45) is 7.05 Å². The third kappa shape index (κ3) is 2.11. The number of hydrogen-bond donors (Lipinski definition) is 1. The molecule has 0 fully saturated rings. The van der Waals surface area contributed by atoms with Gasteiger partial charge in [-0.15, -0.1) is 0 Å². The quantitative estimate of drug-likeness (QED) is 0.832. The van der Waals surface area contributed by atoms with Gasteiger partial charge in [-0.05, 0) is 19.1 Å². The Kier molecular flexibility index (Phi) is 2.72. The Morgan fingerprint density at radius 3 is 2.56 bits per heavy atom. The van der Waals surface area contributed by atoms with Crippen molar-refractivity contribution in [3.63, 3.8) is 0 Å². The molecule has 1 aromatic heterocycles. The number of carbonyl (C=O) groups excluding carboxylic acids is 1. The van der Waals surface area contributed by atoms with Gasteiger partial charge in [0.25, 0.3) is 5.91 Å².